The van der Waals surface area contributed by atoms with Gasteiger partial charge in [0.2, 0.25) is 5.13 Å². The predicted octanol–water partition coefficient (Wildman–Crippen LogP) is 5.80. The van der Waals surface area contributed by atoms with Gasteiger partial charge in [-0.15, -0.1) is 0 Å². The summed E-state index contributed by atoms with van der Waals surface area (Å²) in [7, 11) is 0. The lowest BCUT2D eigenvalue weighted by molar-refractivity contribution is 0.243. The van der Waals surface area contributed by atoms with Crippen molar-refractivity contribution < 1.29 is 4.74 Å². The maximum absolute atomic E-state index is 14.2. The van der Waals surface area contributed by atoms with Gasteiger partial charge >= 0.3 is 0 Å². The van der Waals surface area contributed by atoms with Crippen LogP contribution in [0, 0.1) is 6.92 Å². The zero-order valence-corrected chi connectivity index (χ0v) is 23.7. The molecule has 0 bridgehead atoms. The molecule has 40 heavy (non-hydrogen) atoms. The second kappa shape index (κ2) is 10.4. The van der Waals surface area contributed by atoms with E-state index in [4.69, 9.17) is 21.3 Å². The lowest BCUT2D eigenvalue weighted by Crippen LogP contribution is -2.24. The first-order valence-electron chi connectivity index (χ1n) is 12.9. The van der Waals surface area contributed by atoms with Crippen LogP contribution in [0.25, 0.3) is 26.3 Å². The number of benzene rings is 2. The number of ether oxygens (including phenoxy) is 1. The van der Waals surface area contributed by atoms with Crippen molar-refractivity contribution in [1.82, 2.24) is 23.9 Å². The molecule has 0 spiro atoms. The zero-order valence-electron chi connectivity index (χ0n) is 22.2. The Labute approximate surface area is 238 Å². The molecule has 0 amide bonds. The molecule has 4 heterocycles. The topological polar surface area (TPSA) is 83.9 Å². The number of pyridine rings is 2. The summed E-state index contributed by atoms with van der Waals surface area (Å²) in [5.41, 5.74) is 3.03. The predicted molar refractivity (Wildman–Crippen MR) is 159 cm³/mol. The smallest absolute Gasteiger partial charge is 0.283 e. The molecule has 4 aromatic heterocycles. The number of nitrogens with zero attached hydrogens (tertiary/aromatic N) is 5. The second-order valence-electron chi connectivity index (χ2n) is 9.82. The van der Waals surface area contributed by atoms with Crippen LogP contribution >= 0.6 is 22.9 Å². The minimum atomic E-state index is -0.242. The van der Waals surface area contributed by atoms with E-state index in [1.807, 2.05) is 67.1 Å². The highest BCUT2D eigenvalue weighted by Crippen LogP contribution is 2.30. The lowest BCUT2D eigenvalue weighted by Gasteiger charge is -2.12. The van der Waals surface area contributed by atoms with E-state index < -0.39 is 0 Å². The minimum absolute atomic E-state index is 0.0407. The standard InChI is InChI=1S/C30H26ClN5O3S/c1-18(2)39-22-12-13-23-25(14-22)40-30(33-23)36-29(38)28-19(3)34(17-21-10-7-11-26(31)32-21)27(37)15-24(28)35(36)16-20-8-5-4-6-9-20/h4-15,18H,16-17H2,1-3H3. The molecule has 0 saturated heterocycles. The highest BCUT2D eigenvalue weighted by atomic mass is 35.5. The number of rotatable bonds is 7. The molecular formula is C30H26ClN5O3S. The van der Waals surface area contributed by atoms with Crippen LogP contribution in [0.1, 0.15) is 30.8 Å². The van der Waals surface area contributed by atoms with E-state index in [9.17, 15) is 9.59 Å². The fourth-order valence-electron chi connectivity index (χ4n) is 4.87. The highest BCUT2D eigenvalue weighted by Gasteiger charge is 2.22. The summed E-state index contributed by atoms with van der Waals surface area (Å²) in [5, 5.41) is 1.32. The van der Waals surface area contributed by atoms with E-state index in [0.717, 1.165) is 21.5 Å². The first kappa shape index (κ1) is 26.0. The van der Waals surface area contributed by atoms with Crippen molar-refractivity contribution >= 4 is 44.1 Å². The maximum Gasteiger partial charge on any atom is 0.283 e. The molecule has 0 unspecified atom stereocenters. The van der Waals surface area contributed by atoms with Gasteiger partial charge in [-0.3, -0.25) is 14.3 Å². The summed E-state index contributed by atoms with van der Waals surface area (Å²) < 4.78 is 11.8. The Morgan fingerprint density at radius 2 is 1.75 bits per heavy atom. The number of hydrogen-bond acceptors (Lipinski definition) is 6. The molecule has 0 aliphatic heterocycles. The summed E-state index contributed by atoms with van der Waals surface area (Å²) in [5.74, 6) is 0.748. The molecular weight excluding hydrogens is 546 g/mol. The van der Waals surface area contributed by atoms with Crippen molar-refractivity contribution in [2.45, 2.75) is 40.0 Å². The second-order valence-corrected chi connectivity index (χ2v) is 11.2. The summed E-state index contributed by atoms with van der Waals surface area (Å²) in [6.07, 6.45) is 0.0407. The first-order chi connectivity index (χ1) is 19.3. The van der Waals surface area contributed by atoms with Crippen LogP contribution in [0.5, 0.6) is 5.75 Å². The molecule has 202 valence electrons. The van der Waals surface area contributed by atoms with Gasteiger partial charge in [0, 0.05) is 11.8 Å². The van der Waals surface area contributed by atoms with Gasteiger partial charge in [0.25, 0.3) is 11.1 Å². The number of thiazole rings is 1. The molecule has 6 rings (SSSR count). The van der Waals surface area contributed by atoms with Crippen molar-refractivity contribution in [3.8, 4) is 10.9 Å². The van der Waals surface area contributed by atoms with Crippen LogP contribution in [-0.4, -0.2) is 30.0 Å². The maximum atomic E-state index is 14.2. The number of aromatic nitrogens is 5. The van der Waals surface area contributed by atoms with E-state index in [2.05, 4.69) is 4.98 Å². The quantitative estimate of drug-likeness (QED) is 0.226. The van der Waals surface area contributed by atoms with Gasteiger partial charge in [-0.05, 0) is 56.7 Å². The lowest BCUT2D eigenvalue weighted by atomic mass is 10.2. The Balaban J connectivity index is 1.56. The average molecular weight is 572 g/mol. The SMILES string of the molecule is Cc1c2c(=O)n(-c3nc4ccc(OC(C)C)cc4s3)n(Cc3ccccc3)c2cc(=O)n1Cc1cccc(Cl)n1. The Bertz CT molecular complexity index is 1990. The molecule has 0 fully saturated rings. The summed E-state index contributed by atoms with van der Waals surface area (Å²) in [6, 6.07) is 22.4. The number of hydrogen-bond donors (Lipinski definition) is 0. The van der Waals surface area contributed by atoms with Crippen LogP contribution in [0.3, 0.4) is 0 Å². The minimum Gasteiger partial charge on any atom is -0.491 e. The number of halogens is 1. The molecule has 10 heteroatoms. The highest BCUT2D eigenvalue weighted by molar-refractivity contribution is 7.20. The summed E-state index contributed by atoms with van der Waals surface area (Å²) in [6.45, 7) is 6.33. The van der Waals surface area contributed by atoms with Crippen LogP contribution in [-0.2, 0) is 13.1 Å². The summed E-state index contributed by atoms with van der Waals surface area (Å²) in [4.78, 5) is 36.7. The van der Waals surface area contributed by atoms with Gasteiger partial charge in [-0.1, -0.05) is 59.3 Å². The van der Waals surface area contributed by atoms with Gasteiger partial charge in [0.1, 0.15) is 10.9 Å². The van der Waals surface area contributed by atoms with Crippen LogP contribution in [0.15, 0.2) is 82.4 Å². The molecule has 0 saturated carbocycles. The molecule has 0 aliphatic carbocycles. The summed E-state index contributed by atoms with van der Waals surface area (Å²) >= 11 is 7.48. The largest absolute Gasteiger partial charge is 0.491 e. The molecule has 0 radical (unpaired) electrons. The van der Waals surface area contributed by atoms with Crippen molar-refractivity contribution in [3.05, 3.63) is 116 Å². The number of fused-ring (bicyclic) bond motifs is 2. The van der Waals surface area contributed by atoms with E-state index in [1.54, 1.807) is 34.4 Å². The third-order valence-corrected chi connectivity index (χ3v) is 7.85. The van der Waals surface area contributed by atoms with Crippen molar-refractivity contribution in [1.29, 1.82) is 0 Å². The monoisotopic (exact) mass is 571 g/mol. The molecule has 8 nitrogen and oxygen atoms in total. The molecule has 0 N–H and O–H groups in total. The molecule has 0 atom stereocenters. The van der Waals surface area contributed by atoms with E-state index >= 15 is 0 Å². The zero-order chi connectivity index (χ0) is 28.0. The third-order valence-electron chi connectivity index (χ3n) is 6.64. The van der Waals surface area contributed by atoms with E-state index in [0.29, 0.717) is 39.1 Å². The molecule has 2 aromatic carbocycles. The molecule has 0 aliphatic rings. The Morgan fingerprint density at radius 3 is 2.50 bits per heavy atom. The fourth-order valence-corrected chi connectivity index (χ4v) is 6.06. The molecule has 6 aromatic rings. The van der Waals surface area contributed by atoms with Gasteiger partial charge in [0.15, 0.2) is 0 Å². The average Bonchev–Trinajstić information content (AvgIpc) is 3.44. The Morgan fingerprint density at radius 1 is 0.950 bits per heavy atom. The van der Waals surface area contributed by atoms with Gasteiger partial charge in [0.05, 0.1) is 46.0 Å². The van der Waals surface area contributed by atoms with Crippen LogP contribution in [0.4, 0.5) is 0 Å². The van der Waals surface area contributed by atoms with Crippen LogP contribution < -0.4 is 15.9 Å². The van der Waals surface area contributed by atoms with E-state index in [1.165, 1.54) is 17.4 Å². The normalized spacial score (nSPS) is 11.6. The van der Waals surface area contributed by atoms with Gasteiger partial charge in [-0.25, -0.2) is 9.97 Å². The first-order valence-corrected chi connectivity index (χ1v) is 14.1. The Hall–Kier alpha value is -4.21. The van der Waals surface area contributed by atoms with E-state index in [-0.39, 0.29) is 23.8 Å². The van der Waals surface area contributed by atoms with Gasteiger partial charge < -0.3 is 9.30 Å². The fraction of sp³-hybridized carbons (Fsp3) is 0.200. The van der Waals surface area contributed by atoms with Crippen molar-refractivity contribution in [2.24, 2.45) is 0 Å². The van der Waals surface area contributed by atoms with Crippen molar-refractivity contribution in [2.75, 3.05) is 0 Å². The third kappa shape index (κ3) is 4.82. The van der Waals surface area contributed by atoms with Crippen LogP contribution in [0.2, 0.25) is 5.15 Å². The van der Waals surface area contributed by atoms with Crippen molar-refractivity contribution in [3.63, 3.8) is 0 Å². The Kier molecular flexibility index (Phi) is 6.77. The number of aryl methyl sites for hydroxylation is 1. The van der Waals surface area contributed by atoms with Gasteiger partial charge in [-0.2, -0.15) is 4.68 Å².